The Labute approximate surface area is 178 Å². The second-order valence-electron chi connectivity index (χ2n) is 7.53. The lowest BCUT2D eigenvalue weighted by atomic mass is 9.96. The second-order valence-corrected chi connectivity index (χ2v) is 7.53. The summed E-state index contributed by atoms with van der Waals surface area (Å²) in [5, 5.41) is 2.97. The van der Waals surface area contributed by atoms with Crippen molar-refractivity contribution in [2.45, 2.75) is 39.3 Å². The first-order chi connectivity index (χ1) is 14.6. The van der Waals surface area contributed by atoms with E-state index >= 15 is 0 Å². The van der Waals surface area contributed by atoms with Gasteiger partial charge in [-0.05, 0) is 69.6 Å². The first kappa shape index (κ1) is 21.8. The predicted octanol–water partition coefficient (Wildman–Crippen LogP) is 3.87. The quantitative estimate of drug-likeness (QED) is 0.669. The molecule has 1 amide bonds. The highest BCUT2D eigenvalue weighted by atomic mass is 16.5. The Kier molecular flexibility index (Phi) is 7.85. The number of benzene rings is 2. The van der Waals surface area contributed by atoms with Gasteiger partial charge in [0.1, 0.15) is 12.4 Å². The van der Waals surface area contributed by atoms with Crippen molar-refractivity contribution in [3.8, 4) is 5.75 Å². The first-order valence-corrected chi connectivity index (χ1v) is 10.5. The summed E-state index contributed by atoms with van der Waals surface area (Å²) in [6.07, 6.45) is 1.45. The molecule has 1 fully saturated rings. The van der Waals surface area contributed by atoms with Crippen molar-refractivity contribution in [3.05, 3.63) is 60.2 Å². The van der Waals surface area contributed by atoms with Crippen LogP contribution in [0.5, 0.6) is 5.75 Å². The smallest absolute Gasteiger partial charge is 0.309 e. The molecule has 1 saturated heterocycles. The van der Waals surface area contributed by atoms with Crippen molar-refractivity contribution in [2.75, 3.05) is 25.0 Å². The van der Waals surface area contributed by atoms with Crippen LogP contribution in [0.3, 0.4) is 0 Å². The first-order valence-electron chi connectivity index (χ1n) is 10.5. The van der Waals surface area contributed by atoms with Crippen LogP contribution in [0.25, 0.3) is 0 Å². The summed E-state index contributed by atoms with van der Waals surface area (Å²) in [6.45, 7) is 6.06. The van der Waals surface area contributed by atoms with Crippen LogP contribution >= 0.6 is 0 Å². The average Bonchev–Trinajstić information content (AvgIpc) is 2.79. The summed E-state index contributed by atoms with van der Waals surface area (Å²) in [5.74, 6) is 0.525. The van der Waals surface area contributed by atoms with Gasteiger partial charge in [-0.2, -0.15) is 0 Å². The Morgan fingerprint density at radius 2 is 1.73 bits per heavy atom. The van der Waals surface area contributed by atoms with Gasteiger partial charge >= 0.3 is 5.97 Å². The van der Waals surface area contributed by atoms with E-state index in [1.165, 1.54) is 0 Å². The van der Waals surface area contributed by atoms with Crippen LogP contribution in [-0.2, 0) is 20.9 Å². The van der Waals surface area contributed by atoms with E-state index < -0.39 is 0 Å². The van der Waals surface area contributed by atoms with Gasteiger partial charge in [0.05, 0.1) is 18.6 Å². The van der Waals surface area contributed by atoms with Crippen LogP contribution in [-0.4, -0.2) is 42.5 Å². The minimum Gasteiger partial charge on any atom is -0.489 e. The lowest BCUT2D eigenvalue weighted by molar-refractivity contribution is -0.149. The van der Waals surface area contributed by atoms with E-state index in [4.69, 9.17) is 9.47 Å². The maximum Gasteiger partial charge on any atom is 0.309 e. The molecule has 0 aliphatic carbocycles. The molecule has 1 heterocycles. The third-order valence-electron chi connectivity index (χ3n) is 5.45. The van der Waals surface area contributed by atoms with Crippen molar-refractivity contribution in [1.29, 1.82) is 0 Å². The van der Waals surface area contributed by atoms with Crippen LogP contribution < -0.4 is 10.1 Å². The third kappa shape index (κ3) is 6.07. The zero-order valence-electron chi connectivity index (χ0n) is 17.7. The maximum absolute atomic E-state index is 12.6. The molecular weight excluding hydrogens is 380 g/mol. The van der Waals surface area contributed by atoms with Crippen molar-refractivity contribution in [2.24, 2.45) is 5.92 Å². The highest BCUT2D eigenvalue weighted by Crippen LogP contribution is 2.22. The molecule has 1 aliphatic heterocycles. The van der Waals surface area contributed by atoms with Gasteiger partial charge in [-0.15, -0.1) is 0 Å². The summed E-state index contributed by atoms with van der Waals surface area (Å²) < 4.78 is 10.9. The van der Waals surface area contributed by atoms with Crippen molar-refractivity contribution < 1.29 is 19.1 Å². The molecule has 0 bridgehead atoms. The van der Waals surface area contributed by atoms with E-state index in [1.54, 1.807) is 0 Å². The summed E-state index contributed by atoms with van der Waals surface area (Å²) in [4.78, 5) is 26.6. The number of piperidine rings is 1. The average molecular weight is 411 g/mol. The molecule has 3 rings (SSSR count). The Morgan fingerprint density at radius 1 is 1.07 bits per heavy atom. The van der Waals surface area contributed by atoms with E-state index in [0.717, 1.165) is 29.8 Å². The summed E-state index contributed by atoms with van der Waals surface area (Å²) in [5.41, 5.74) is 1.84. The molecule has 0 radical (unpaired) electrons. The number of hydrogen-bond donors (Lipinski definition) is 1. The third-order valence-corrected chi connectivity index (χ3v) is 5.45. The fraction of sp³-hybridized carbons (Fsp3) is 0.417. The molecule has 0 aromatic heterocycles. The van der Waals surface area contributed by atoms with Crippen molar-refractivity contribution in [1.82, 2.24) is 4.90 Å². The van der Waals surface area contributed by atoms with Gasteiger partial charge in [0.15, 0.2) is 0 Å². The Morgan fingerprint density at radius 3 is 2.37 bits per heavy atom. The number of carbonyl (C=O) groups is 2. The van der Waals surface area contributed by atoms with Gasteiger partial charge in [0.25, 0.3) is 0 Å². The van der Waals surface area contributed by atoms with E-state index in [0.29, 0.717) is 26.3 Å². The monoisotopic (exact) mass is 410 g/mol. The van der Waals surface area contributed by atoms with Crippen LogP contribution in [0, 0.1) is 5.92 Å². The second kappa shape index (κ2) is 10.8. The molecule has 1 unspecified atom stereocenters. The van der Waals surface area contributed by atoms with Gasteiger partial charge in [-0.1, -0.05) is 30.3 Å². The molecule has 1 atom stereocenters. The van der Waals surface area contributed by atoms with Crippen molar-refractivity contribution >= 4 is 17.6 Å². The Bertz CT molecular complexity index is 815. The van der Waals surface area contributed by atoms with Crippen LogP contribution in [0.1, 0.15) is 32.3 Å². The van der Waals surface area contributed by atoms with Crippen LogP contribution in [0.2, 0.25) is 0 Å². The fourth-order valence-corrected chi connectivity index (χ4v) is 3.57. The highest BCUT2D eigenvalue weighted by molar-refractivity contribution is 5.94. The number of rotatable bonds is 8. The van der Waals surface area contributed by atoms with Crippen molar-refractivity contribution in [3.63, 3.8) is 0 Å². The van der Waals surface area contributed by atoms with E-state index in [-0.39, 0.29) is 23.8 Å². The van der Waals surface area contributed by atoms with Crippen LogP contribution in [0.15, 0.2) is 54.6 Å². The van der Waals surface area contributed by atoms with Gasteiger partial charge in [0.2, 0.25) is 5.91 Å². The maximum atomic E-state index is 12.6. The number of ether oxygens (including phenoxy) is 2. The standard InChI is InChI=1S/C24H30N2O4/c1-3-29-24(28)20-13-15-26(16-14-20)18(2)23(27)25-21-9-11-22(12-10-21)30-17-19-7-5-4-6-8-19/h4-12,18,20H,3,13-17H2,1-2H3,(H,25,27). The molecule has 1 aliphatic rings. The number of nitrogens with zero attached hydrogens (tertiary/aromatic N) is 1. The number of amides is 1. The normalized spacial score (nSPS) is 15.9. The lowest BCUT2D eigenvalue weighted by Crippen LogP contribution is -2.47. The van der Waals surface area contributed by atoms with Gasteiger partial charge in [-0.25, -0.2) is 0 Å². The molecule has 6 nitrogen and oxygen atoms in total. The number of anilines is 1. The molecule has 30 heavy (non-hydrogen) atoms. The Balaban J connectivity index is 1.45. The molecular formula is C24H30N2O4. The Hall–Kier alpha value is -2.86. The largest absolute Gasteiger partial charge is 0.489 e. The predicted molar refractivity (Wildman–Crippen MR) is 116 cm³/mol. The number of carbonyl (C=O) groups excluding carboxylic acids is 2. The van der Waals surface area contributed by atoms with Gasteiger partial charge < -0.3 is 14.8 Å². The minimum atomic E-state index is -0.262. The van der Waals surface area contributed by atoms with Crippen LogP contribution in [0.4, 0.5) is 5.69 Å². The molecule has 2 aromatic carbocycles. The minimum absolute atomic E-state index is 0.0532. The summed E-state index contributed by atoms with van der Waals surface area (Å²) >= 11 is 0. The SMILES string of the molecule is CCOC(=O)C1CCN(C(C)C(=O)Nc2ccc(OCc3ccccc3)cc2)CC1. The topological polar surface area (TPSA) is 67.9 Å². The molecule has 160 valence electrons. The van der Waals surface area contributed by atoms with E-state index in [1.807, 2.05) is 68.4 Å². The van der Waals surface area contributed by atoms with Gasteiger partial charge in [0, 0.05) is 5.69 Å². The number of hydrogen-bond acceptors (Lipinski definition) is 5. The van der Waals surface area contributed by atoms with Gasteiger partial charge in [-0.3, -0.25) is 14.5 Å². The molecule has 0 spiro atoms. The number of likely N-dealkylation sites (tertiary alicyclic amines) is 1. The number of esters is 1. The fourth-order valence-electron chi connectivity index (χ4n) is 3.57. The van der Waals surface area contributed by atoms with E-state index in [9.17, 15) is 9.59 Å². The molecule has 1 N–H and O–H groups in total. The lowest BCUT2D eigenvalue weighted by Gasteiger charge is -2.34. The zero-order valence-corrected chi connectivity index (χ0v) is 17.7. The summed E-state index contributed by atoms with van der Waals surface area (Å²) in [7, 11) is 0. The molecule has 6 heteroatoms. The zero-order chi connectivity index (χ0) is 21.3. The van der Waals surface area contributed by atoms with E-state index in [2.05, 4.69) is 10.2 Å². The summed E-state index contributed by atoms with van der Waals surface area (Å²) in [6, 6.07) is 17.1. The number of nitrogens with one attached hydrogen (secondary N) is 1. The molecule has 0 saturated carbocycles. The molecule has 2 aromatic rings. The highest BCUT2D eigenvalue weighted by Gasteiger charge is 2.30.